The molecule has 1 fully saturated rings. The number of β-amino-alcohol motifs (C(OH)–C–C–N with tert-alkyl or cyclic N) is 1. The molecule has 1 saturated heterocycles. The van der Waals surface area contributed by atoms with Crippen LogP contribution in [0.15, 0.2) is 60.9 Å². The van der Waals surface area contributed by atoms with Gasteiger partial charge in [-0.15, -0.1) is 0 Å². The number of halogens is 1. The fourth-order valence-corrected chi connectivity index (χ4v) is 4.00. The van der Waals surface area contributed by atoms with Gasteiger partial charge >= 0.3 is 0 Å². The van der Waals surface area contributed by atoms with Crippen LogP contribution < -0.4 is 14.2 Å². The van der Waals surface area contributed by atoms with Gasteiger partial charge in [0.05, 0.1) is 26.9 Å². The first-order chi connectivity index (χ1) is 17.0. The average molecular weight is 486 g/mol. The Bertz CT molecular complexity index is 1050. The molecule has 0 unspecified atom stereocenters. The van der Waals surface area contributed by atoms with E-state index in [1.807, 2.05) is 35.1 Å². The van der Waals surface area contributed by atoms with Crippen molar-refractivity contribution in [2.45, 2.75) is 25.1 Å². The molecule has 0 aliphatic carbocycles. The molecule has 0 spiro atoms. The van der Waals surface area contributed by atoms with Crippen LogP contribution in [0.4, 0.5) is 4.39 Å². The Morgan fingerprint density at radius 3 is 2.77 bits per heavy atom. The number of nitrogens with zero attached hydrogens (tertiary/aromatic N) is 3. The van der Waals surface area contributed by atoms with Crippen LogP contribution in [0.2, 0.25) is 0 Å². The molecule has 1 atom stereocenters. The third-order valence-corrected chi connectivity index (χ3v) is 5.74. The first-order valence-electron chi connectivity index (χ1n) is 11.7. The Labute approximate surface area is 204 Å². The van der Waals surface area contributed by atoms with E-state index in [1.54, 1.807) is 25.4 Å². The predicted molar refractivity (Wildman–Crippen MR) is 128 cm³/mol. The summed E-state index contributed by atoms with van der Waals surface area (Å²) in [5.74, 6) is 1.53. The number of ether oxygens (including phenoxy) is 4. The van der Waals surface area contributed by atoms with Crippen LogP contribution in [0, 0.1) is 5.82 Å². The lowest BCUT2D eigenvalue weighted by atomic mass is 10.1. The van der Waals surface area contributed by atoms with E-state index in [9.17, 15) is 9.50 Å². The third kappa shape index (κ3) is 7.42. The molecule has 0 saturated carbocycles. The Kier molecular flexibility index (Phi) is 8.57. The molecule has 1 aliphatic heterocycles. The molecule has 1 N–H and O–H groups in total. The van der Waals surface area contributed by atoms with E-state index in [1.165, 1.54) is 12.1 Å². The first kappa shape index (κ1) is 25.0. The molecule has 0 radical (unpaired) electrons. The number of rotatable bonds is 11. The van der Waals surface area contributed by atoms with Crippen molar-refractivity contribution in [1.82, 2.24) is 14.7 Å². The van der Waals surface area contributed by atoms with Crippen molar-refractivity contribution in [2.75, 3.05) is 46.6 Å². The Morgan fingerprint density at radius 2 is 2.00 bits per heavy atom. The maximum absolute atomic E-state index is 13.1. The number of aliphatic hydroxyl groups is 1. The predicted octanol–water partition coefficient (Wildman–Crippen LogP) is 3.14. The van der Waals surface area contributed by atoms with E-state index >= 15 is 0 Å². The van der Waals surface area contributed by atoms with E-state index in [-0.39, 0.29) is 19.0 Å². The average Bonchev–Trinajstić information content (AvgIpc) is 3.31. The van der Waals surface area contributed by atoms with Gasteiger partial charge in [-0.1, -0.05) is 6.07 Å². The topological polar surface area (TPSA) is 78.2 Å². The second-order valence-corrected chi connectivity index (χ2v) is 8.69. The zero-order valence-electron chi connectivity index (χ0n) is 19.9. The van der Waals surface area contributed by atoms with Crippen LogP contribution in [0.3, 0.4) is 0 Å². The van der Waals surface area contributed by atoms with Gasteiger partial charge in [-0.3, -0.25) is 9.58 Å². The monoisotopic (exact) mass is 485 g/mol. The summed E-state index contributed by atoms with van der Waals surface area (Å²) in [7, 11) is 1.63. The first-order valence-corrected chi connectivity index (χ1v) is 11.7. The van der Waals surface area contributed by atoms with Crippen molar-refractivity contribution in [1.29, 1.82) is 0 Å². The summed E-state index contributed by atoms with van der Waals surface area (Å²) in [6, 6.07) is 13.5. The van der Waals surface area contributed by atoms with E-state index in [0.29, 0.717) is 50.1 Å². The molecule has 35 heavy (non-hydrogen) atoms. The minimum atomic E-state index is -1.19. The number of benzene rings is 2. The standard InChI is InChI=1S/C26H32FN3O5/c1-32-25-16-21(4-9-24(25)34-14-3-12-30-11-2-10-28-30)17-29-13-15-33-19-26(31,18-29)20-35-23-7-5-22(27)6-8-23/h2,4-11,16,31H,3,12-15,17-20H2,1H3/t26-/m1/s1. The molecule has 1 aromatic heterocycles. The molecule has 9 heteroatoms. The number of methoxy groups -OCH3 is 1. The number of aromatic nitrogens is 2. The summed E-state index contributed by atoms with van der Waals surface area (Å²) in [5, 5.41) is 15.3. The second kappa shape index (κ2) is 12.0. The van der Waals surface area contributed by atoms with Crippen molar-refractivity contribution in [2.24, 2.45) is 0 Å². The molecule has 8 nitrogen and oxygen atoms in total. The van der Waals surface area contributed by atoms with E-state index in [2.05, 4.69) is 10.00 Å². The SMILES string of the molecule is COc1cc(CN2CCOC[C@@](O)(COc3ccc(F)cc3)C2)ccc1OCCCn1cccn1. The molecule has 2 aromatic carbocycles. The lowest BCUT2D eigenvalue weighted by Gasteiger charge is -2.30. The van der Waals surface area contributed by atoms with E-state index in [0.717, 1.165) is 18.5 Å². The van der Waals surface area contributed by atoms with Gasteiger partial charge in [0.1, 0.15) is 23.8 Å². The van der Waals surface area contributed by atoms with Crippen molar-refractivity contribution in [3.63, 3.8) is 0 Å². The van der Waals surface area contributed by atoms with Crippen LogP contribution in [0.1, 0.15) is 12.0 Å². The second-order valence-electron chi connectivity index (χ2n) is 8.69. The zero-order chi connectivity index (χ0) is 24.5. The van der Waals surface area contributed by atoms with Gasteiger partial charge in [-0.05, 0) is 48.0 Å². The summed E-state index contributed by atoms with van der Waals surface area (Å²) in [6.07, 6.45) is 4.52. The van der Waals surface area contributed by atoms with Crippen molar-refractivity contribution >= 4 is 0 Å². The minimum absolute atomic E-state index is 0.0454. The highest BCUT2D eigenvalue weighted by molar-refractivity contribution is 5.43. The van der Waals surface area contributed by atoms with Crippen LogP contribution in [-0.4, -0.2) is 72.0 Å². The Hall–Kier alpha value is -3.14. The highest BCUT2D eigenvalue weighted by atomic mass is 19.1. The summed E-state index contributed by atoms with van der Waals surface area (Å²) in [6.45, 7) is 3.72. The molecule has 0 bridgehead atoms. The molecule has 3 aromatic rings. The normalized spacial score (nSPS) is 18.7. The molecular formula is C26H32FN3O5. The van der Waals surface area contributed by atoms with Gasteiger partial charge in [0, 0.05) is 45.0 Å². The Balaban J connectivity index is 1.32. The fraction of sp³-hybridized carbons (Fsp3) is 0.423. The lowest BCUT2D eigenvalue weighted by Crippen LogP contribution is -2.48. The zero-order valence-corrected chi connectivity index (χ0v) is 19.9. The van der Waals surface area contributed by atoms with Crippen molar-refractivity contribution < 1.29 is 28.4 Å². The van der Waals surface area contributed by atoms with Gasteiger partial charge in [0.15, 0.2) is 11.5 Å². The maximum atomic E-state index is 13.1. The molecule has 1 aliphatic rings. The summed E-state index contributed by atoms with van der Waals surface area (Å²) in [4.78, 5) is 2.13. The van der Waals surface area contributed by atoms with Crippen LogP contribution in [0.25, 0.3) is 0 Å². The van der Waals surface area contributed by atoms with Crippen molar-refractivity contribution in [3.8, 4) is 17.2 Å². The van der Waals surface area contributed by atoms with Gasteiger partial charge in [-0.2, -0.15) is 5.10 Å². The third-order valence-electron chi connectivity index (χ3n) is 5.74. The molecule has 4 rings (SSSR count). The minimum Gasteiger partial charge on any atom is -0.493 e. The number of hydrogen-bond acceptors (Lipinski definition) is 7. The van der Waals surface area contributed by atoms with E-state index < -0.39 is 5.60 Å². The fourth-order valence-electron chi connectivity index (χ4n) is 4.00. The van der Waals surface area contributed by atoms with Gasteiger partial charge in [-0.25, -0.2) is 4.39 Å². The van der Waals surface area contributed by atoms with Crippen LogP contribution in [0.5, 0.6) is 17.2 Å². The number of aryl methyl sites for hydroxylation is 1. The highest BCUT2D eigenvalue weighted by Crippen LogP contribution is 2.29. The summed E-state index contributed by atoms with van der Waals surface area (Å²) >= 11 is 0. The van der Waals surface area contributed by atoms with Gasteiger partial charge in [0.25, 0.3) is 0 Å². The maximum Gasteiger partial charge on any atom is 0.161 e. The molecule has 2 heterocycles. The summed E-state index contributed by atoms with van der Waals surface area (Å²) in [5.41, 5.74) is -0.151. The van der Waals surface area contributed by atoms with Crippen LogP contribution >= 0.6 is 0 Å². The quantitative estimate of drug-likeness (QED) is 0.418. The lowest BCUT2D eigenvalue weighted by molar-refractivity contribution is -0.0646. The van der Waals surface area contributed by atoms with Gasteiger partial charge in [0.2, 0.25) is 0 Å². The Morgan fingerprint density at radius 1 is 1.14 bits per heavy atom. The largest absolute Gasteiger partial charge is 0.493 e. The van der Waals surface area contributed by atoms with E-state index in [4.69, 9.17) is 18.9 Å². The summed E-state index contributed by atoms with van der Waals surface area (Å²) < 4.78 is 37.8. The molecule has 188 valence electrons. The smallest absolute Gasteiger partial charge is 0.161 e. The highest BCUT2D eigenvalue weighted by Gasteiger charge is 2.33. The van der Waals surface area contributed by atoms with Crippen molar-refractivity contribution in [3.05, 3.63) is 72.3 Å². The van der Waals surface area contributed by atoms with Gasteiger partial charge < -0.3 is 24.1 Å². The molecular weight excluding hydrogens is 453 g/mol. The number of hydrogen-bond donors (Lipinski definition) is 1. The van der Waals surface area contributed by atoms with Crippen LogP contribution in [-0.2, 0) is 17.8 Å². The molecule has 0 amide bonds.